The largest absolute Gasteiger partial charge is 0.447 e. The van der Waals surface area contributed by atoms with Gasteiger partial charge in [-0.15, -0.1) is 0 Å². The second-order valence-electron chi connectivity index (χ2n) is 5.75. The molecule has 1 N–H and O–H groups in total. The molecule has 2 fully saturated rings. The predicted octanol–water partition coefficient (Wildman–Crippen LogP) is 1.95. The van der Waals surface area contributed by atoms with Crippen molar-refractivity contribution in [2.24, 2.45) is 5.92 Å². The highest BCUT2D eigenvalue weighted by molar-refractivity contribution is 7.89. The van der Waals surface area contributed by atoms with E-state index in [1.807, 2.05) is 6.92 Å². The van der Waals surface area contributed by atoms with E-state index in [-0.39, 0.29) is 11.1 Å². The van der Waals surface area contributed by atoms with Crippen molar-refractivity contribution in [3.63, 3.8) is 0 Å². The summed E-state index contributed by atoms with van der Waals surface area (Å²) in [6.45, 7) is 4.07. The van der Waals surface area contributed by atoms with Gasteiger partial charge in [-0.2, -0.15) is 4.31 Å². The molecule has 0 aromatic carbocycles. The summed E-state index contributed by atoms with van der Waals surface area (Å²) in [5.74, 6) is 1.23. The van der Waals surface area contributed by atoms with Gasteiger partial charge in [-0.3, -0.25) is 0 Å². The molecule has 0 spiro atoms. The van der Waals surface area contributed by atoms with Crippen molar-refractivity contribution in [3.8, 4) is 0 Å². The minimum absolute atomic E-state index is 0.0953. The lowest BCUT2D eigenvalue weighted by molar-refractivity contribution is 0.351. The molecule has 2 saturated carbocycles. The van der Waals surface area contributed by atoms with E-state index in [9.17, 15) is 8.42 Å². The van der Waals surface area contributed by atoms with Gasteiger partial charge < -0.3 is 9.73 Å². The van der Waals surface area contributed by atoms with Crippen LogP contribution < -0.4 is 5.32 Å². The molecule has 0 amide bonds. The van der Waals surface area contributed by atoms with Crippen LogP contribution in [-0.4, -0.2) is 31.9 Å². The summed E-state index contributed by atoms with van der Waals surface area (Å²) in [4.78, 5) is 0. The van der Waals surface area contributed by atoms with Crippen LogP contribution in [0.15, 0.2) is 21.6 Å². The summed E-state index contributed by atoms with van der Waals surface area (Å²) in [6.07, 6.45) is 4.28. The molecule has 6 heteroatoms. The smallest absolute Gasteiger partial charge is 0.276 e. The third-order valence-corrected chi connectivity index (χ3v) is 5.63. The number of nitrogens with zero attached hydrogens (tertiary/aromatic N) is 1. The third kappa shape index (κ3) is 3.07. The average Bonchev–Trinajstić information content (AvgIpc) is 3.32. The first-order valence-corrected chi connectivity index (χ1v) is 8.86. The first kappa shape index (κ1) is 14.1. The van der Waals surface area contributed by atoms with Gasteiger partial charge in [-0.05, 0) is 50.3 Å². The summed E-state index contributed by atoms with van der Waals surface area (Å²) in [5.41, 5.74) is 0. The minimum atomic E-state index is -3.46. The Morgan fingerprint density at radius 2 is 2.05 bits per heavy atom. The van der Waals surface area contributed by atoms with Crippen molar-refractivity contribution >= 4 is 10.0 Å². The van der Waals surface area contributed by atoms with Crippen LogP contribution in [0.3, 0.4) is 0 Å². The molecular weight excluding hydrogens is 276 g/mol. The van der Waals surface area contributed by atoms with Crippen LogP contribution in [-0.2, 0) is 16.6 Å². The molecule has 0 radical (unpaired) electrons. The molecule has 5 nitrogen and oxygen atoms in total. The fourth-order valence-electron chi connectivity index (χ4n) is 2.32. The molecule has 1 heterocycles. The zero-order chi connectivity index (χ0) is 14.2. The van der Waals surface area contributed by atoms with Crippen LogP contribution in [0.1, 0.15) is 38.4 Å². The lowest BCUT2D eigenvalue weighted by Gasteiger charge is -2.20. The molecule has 1 aromatic rings. The third-order valence-electron chi connectivity index (χ3n) is 3.84. The van der Waals surface area contributed by atoms with Crippen LogP contribution in [0.2, 0.25) is 0 Å². The Hall–Kier alpha value is -0.850. The van der Waals surface area contributed by atoms with Gasteiger partial charge in [0.25, 0.3) is 10.0 Å². The zero-order valence-electron chi connectivity index (χ0n) is 11.8. The Balaban J connectivity index is 1.76. The number of furan rings is 1. The van der Waals surface area contributed by atoms with E-state index in [0.29, 0.717) is 24.8 Å². The Bertz CT molecular complexity index is 559. The van der Waals surface area contributed by atoms with Gasteiger partial charge in [0.05, 0.1) is 6.54 Å². The van der Waals surface area contributed by atoms with Crippen molar-refractivity contribution in [2.75, 3.05) is 13.1 Å². The molecule has 0 bridgehead atoms. The molecule has 3 rings (SSSR count). The maximum absolute atomic E-state index is 12.7. The van der Waals surface area contributed by atoms with Gasteiger partial charge in [0, 0.05) is 12.6 Å². The van der Waals surface area contributed by atoms with Crippen LogP contribution in [0.25, 0.3) is 0 Å². The van der Waals surface area contributed by atoms with Crippen molar-refractivity contribution in [1.29, 1.82) is 0 Å². The lowest BCUT2D eigenvalue weighted by Crippen LogP contribution is -2.34. The van der Waals surface area contributed by atoms with E-state index in [2.05, 4.69) is 5.32 Å². The van der Waals surface area contributed by atoms with Gasteiger partial charge in [0.15, 0.2) is 0 Å². The average molecular weight is 298 g/mol. The standard InChI is InChI=1S/C14H22N2O3S/c1-2-15-9-13-7-8-14(19-13)20(17,18)16(12-5-6-12)10-11-3-4-11/h7-8,11-12,15H,2-6,9-10H2,1H3. The van der Waals surface area contributed by atoms with E-state index >= 15 is 0 Å². The second kappa shape index (κ2) is 5.50. The maximum Gasteiger partial charge on any atom is 0.276 e. The van der Waals surface area contributed by atoms with Gasteiger partial charge >= 0.3 is 0 Å². The fourth-order valence-corrected chi connectivity index (χ4v) is 4.01. The first-order chi connectivity index (χ1) is 9.61. The molecular formula is C14H22N2O3S. The Kier molecular flexibility index (Phi) is 3.88. The highest BCUT2D eigenvalue weighted by atomic mass is 32.2. The summed E-state index contributed by atoms with van der Waals surface area (Å²) in [6, 6.07) is 3.53. The van der Waals surface area contributed by atoms with Crippen molar-refractivity contribution in [3.05, 3.63) is 17.9 Å². The van der Waals surface area contributed by atoms with Gasteiger partial charge in [0.1, 0.15) is 5.76 Å². The molecule has 0 aliphatic heterocycles. The highest BCUT2D eigenvalue weighted by Crippen LogP contribution is 2.38. The minimum Gasteiger partial charge on any atom is -0.447 e. The van der Waals surface area contributed by atoms with Crippen molar-refractivity contribution < 1.29 is 12.8 Å². The quantitative estimate of drug-likeness (QED) is 0.797. The topological polar surface area (TPSA) is 62.6 Å². The van der Waals surface area contributed by atoms with Crippen LogP contribution in [0, 0.1) is 5.92 Å². The summed E-state index contributed by atoms with van der Waals surface area (Å²) in [5, 5.41) is 3.23. The second-order valence-corrected chi connectivity index (χ2v) is 7.57. The molecule has 0 saturated heterocycles. The summed E-state index contributed by atoms with van der Waals surface area (Å²) >= 11 is 0. The molecule has 20 heavy (non-hydrogen) atoms. The van der Waals surface area contributed by atoms with Gasteiger partial charge in [-0.1, -0.05) is 6.92 Å². The normalized spacial score (nSPS) is 19.7. The molecule has 0 unspecified atom stereocenters. The van der Waals surface area contributed by atoms with Gasteiger partial charge in [0.2, 0.25) is 5.09 Å². The van der Waals surface area contributed by atoms with E-state index in [1.165, 1.54) is 0 Å². The van der Waals surface area contributed by atoms with Gasteiger partial charge in [-0.25, -0.2) is 8.42 Å². The van der Waals surface area contributed by atoms with E-state index < -0.39 is 10.0 Å². The Morgan fingerprint density at radius 3 is 2.65 bits per heavy atom. The van der Waals surface area contributed by atoms with E-state index in [4.69, 9.17) is 4.42 Å². The SMILES string of the molecule is CCNCc1ccc(S(=O)(=O)N(CC2CC2)C2CC2)o1. The number of nitrogens with one attached hydrogen (secondary N) is 1. The van der Waals surface area contributed by atoms with E-state index in [1.54, 1.807) is 16.4 Å². The number of sulfonamides is 1. The molecule has 2 aliphatic rings. The molecule has 112 valence electrons. The van der Waals surface area contributed by atoms with Crippen LogP contribution in [0.4, 0.5) is 0 Å². The summed E-state index contributed by atoms with van der Waals surface area (Å²) in [7, 11) is -3.46. The lowest BCUT2D eigenvalue weighted by atomic mass is 10.4. The zero-order valence-corrected chi connectivity index (χ0v) is 12.7. The van der Waals surface area contributed by atoms with Crippen LogP contribution in [0.5, 0.6) is 0 Å². The Morgan fingerprint density at radius 1 is 1.30 bits per heavy atom. The number of hydrogen-bond acceptors (Lipinski definition) is 4. The Labute approximate surface area is 120 Å². The fraction of sp³-hybridized carbons (Fsp3) is 0.714. The van der Waals surface area contributed by atoms with Crippen molar-refractivity contribution in [1.82, 2.24) is 9.62 Å². The molecule has 1 aromatic heterocycles. The van der Waals surface area contributed by atoms with E-state index in [0.717, 1.165) is 32.2 Å². The first-order valence-electron chi connectivity index (χ1n) is 7.42. The number of rotatable bonds is 8. The molecule has 2 aliphatic carbocycles. The monoisotopic (exact) mass is 298 g/mol. The van der Waals surface area contributed by atoms with Crippen LogP contribution >= 0.6 is 0 Å². The molecule has 0 atom stereocenters. The maximum atomic E-state index is 12.7. The highest BCUT2D eigenvalue weighted by Gasteiger charge is 2.42. The predicted molar refractivity (Wildman–Crippen MR) is 75.7 cm³/mol. The van der Waals surface area contributed by atoms with Crippen molar-refractivity contribution in [2.45, 2.75) is 50.3 Å². The number of hydrogen-bond donors (Lipinski definition) is 1. The summed E-state index contributed by atoms with van der Waals surface area (Å²) < 4.78 is 32.5.